The third-order valence-electron chi connectivity index (χ3n) is 4.71. The van der Waals surface area contributed by atoms with Crippen molar-refractivity contribution in [2.45, 2.75) is 88.3 Å². The van der Waals surface area contributed by atoms with Crippen LogP contribution in [0.1, 0.15) is 52.7 Å². The minimum absolute atomic E-state index is 0.00973. The van der Waals surface area contributed by atoms with Crippen molar-refractivity contribution >= 4 is 38.4 Å². The first-order chi connectivity index (χ1) is 16.9. The summed E-state index contributed by atoms with van der Waals surface area (Å²) in [5.74, 6) is 0. The number of hydrogen-bond acceptors (Lipinski definition) is 4. The van der Waals surface area contributed by atoms with Crippen molar-refractivity contribution < 1.29 is 19.1 Å². The molecular formula is C28H40N2O4Se2. The SMILES string of the molecule is CC(C)(C)OC(=O)N[C@H](C[Se][Se]C[C@@H](Cc1ccccc1)NC(=O)OC(C)(C)C)Cc1ccccc1. The van der Waals surface area contributed by atoms with Crippen molar-refractivity contribution in [2.24, 2.45) is 0 Å². The van der Waals surface area contributed by atoms with Gasteiger partial charge in [0.05, 0.1) is 0 Å². The van der Waals surface area contributed by atoms with Crippen LogP contribution in [0.15, 0.2) is 60.7 Å². The number of benzene rings is 2. The molecule has 0 heterocycles. The van der Waals surface area contributed by atoms with Crippen molar-refractivity contribution in [1.29, 1.82) is 0 Å². The average Bonchev–Trinajstić information content (AvgIpc) is 2.75. The summed E-state index contributed by atoms with van der Waals surface area (Å²) in [5.41, 5.74) is 1.31. The summed E-state index contributed by atoms with van der Waals surface area (Å²) >= 11 is 0.679. The van der Waals surface area contributed by atoms with Gasteiger partial charge in [-0.2, -0.15) is 0 Å². The molecule has 0 fully saturated rings. The van der Waals surface area contributed by atoms with Crippen LogP contribution < -0.4 is 10.6 Å². The summed E-state index contributed by atoms with van der Waals surface area (Å²) in [6.07, 6.45) is 0.781. The van der Waals surface area contributed by atoms with E-state index in [1.807, 2.05) is 77.9 Å². The van der Waals surface area contributed by atoms with Crippen LogP contribution in [-0.4, -0.2) is 61.7 Å². The predicted molar refractivity (Wildman–Crippen MR) is 148 cm³/mol. The molecule has 0 bridgehead atoms. The summed E-state index contributed by atoms with van der Waals surface area (Å²) in [6.45, 7) is 11.2. The number of hydrogen-bond donors (Lipinski definition) is 2. The van der Waals surface area contributed by atoms with Gasteiger partial charge in [0.1, 0.15) is 0 Å². The van der Waals surface area contributed by atoms with Crippen molar-refractivity contribution in [3.8, 4) is 0 Å². The molecule has 36 heavy (non-hydrogen) atoms. The van der Waals surface area contributed by atoms with E-state index >= 15 is 0 Å². The van der Waals surface area contributed by atoms with Crippen LogP contribution in [0.3, 0.4) is 0 Å². The molecule has 2 N–H and O–H groups in total. The molecule has 2 amide bonds. The summed E-state index contributed by atoms with van der Waals surface area (Å²) in [5, 5.41) is 7.98. The van der Waals surface area contributed by atoms with Gasteiger partial charge in [-0.1, -0.05) is 0 Å². The molecule has 0 unspecified atom stereocenters. The monoisotopic (exact) mass is 628 g/mol. The second-order valence-electron chi connectivity index (χ2n) is 10.6. The Hall–Kier alpha value is -1.98. The molecule has 0 saturated carbocycles. The molecule has 2 aromatic rings. The van der Waals surface area contributed by atoms with Crippen LogP contribution in [-0.2, 0) is 22.3 Å². The van der Waals surface area contributed by atoms with Crippen LogP contribution in [0.5, 0.6) is 0 Å². The predicted octanol–water partition coefficient (Wildman–Crippen LogP) is 5.42. The van der Waals surface area contributed by atoms with Crippen LogP contribution in [0, 0.1) is 0 Å². The zero-order valence-electron chi connectivity index (χ0n) is 22.2. The Labute approximate surface area is 227 Å². The number of alkyl carbamates (subject to hydrolysis) is 2. The quantitative estimate of drug-likeness (QED) is 0.258. The molecule has 198 valence electrons. The Morgan fingerprint density at radius 1 is 0.667 bits per heavy atom. The summed E-state index contributed by atoms with van der Waals surface area (Å²) in [4.78, 5) is 24.9. The summed E-state index contributed by atoms with van der Waals surface area (Å²) in [6, 6.07) is 20.4. The fourth-order valence-corrected chi connectivity index (χ4v) is 10.9. The first-order valence-corrected chi connectivity index (χ1v) is 19.0. The fourth-order valence-electron chi connectivity index (χ4n) is 3.31. The number of nitrogens with one attached hydrogen (secondary N) is 2. The maximum absolute atomic E-state index is 12.5. The Morgan fingerprint density at radius 3 is 1.31 bits per heavy atom. The van der Waals surface area contributed by atoms with Crippen LogP contribution >= 0.6 is 0 Å². The van der Waals surface area contributed by atoms with Crippen LogP contribution in [0.2, 0.25) is 10.6 Å². The molecule has 6 nitrogen and oxygen atoms in total. The Morgan fingerprint density at radius 2 is 1.00 bits per heavy atom. The maximum atomic E-state index is 12.5. The molecule has 8 heteroatoms. The summed E-state index contributed by atoms with van der Waals surface area (Å²) in [7, 11) is 0. The van der Waals surface area contributed by atoms with E-state index in [0.717, 1.165) is 23.5 Å². The van der Waals surface area contributed by atoms with Crippen LogP contribution in [0.25, 0.3) is 0 Å². The van der Waals surface area contributed by atoms with Gasteiger partial charge >= 0.3 is 228 Å². The van der Waals surface area contributed by atoms with Gasteiger partial charge in [0.2, 0.25) is 0 Å². The molecule has 0 radical (unpaired) electrons. The van der Waals surface area contributed by atoms with E-state index in [4.69, 9.17) is 9.47 Å². The zero-order valence-corrected chi connectivity index (χ0v) is 25.6. The standard InChI is InChI=1S/C28H40N2O4Se2/c1-27(2,3)33-25(31)29-23(17-21-13-9-7-10-14-21)19-35-36-20-24(18-22-15-11-8-12-16-22)30-26(32)34-28(4,5)6/h7-16,23-24H,17-20H2,1-6H3,(H,29,31)(H,30,32)/t23-,24+. The van der Waals surface area contributed by atoms with Gasteiger partial charge < -0.3 is 0 Å². The zero-order chi connectivity index (χ0) is 26.6. The van der Waals surface area contributed by atoms with E-state index in [2.05, 4.69) is 34.9 Å². The first kappa shape index (κ1) is 30.2. The molecule has 0 saturated heterocycles. The number of carbonyl (C=O) groups is 2. The van der Waals surface area contributed by atoms with Gasteiger partial charge in [-0.15, -0.1) is 0 Å². The van der Waals surface area contributed by atoms with Gasteiger partial charge in [0.25, 0.3) is 0 Å². The number of amides is 2. The van der Waals surface area contributed by atoms with Gasteiger partial charge in [-0.05, 0) is 0 Å². The normalized spacial score (nSPS) is 13.4. The second-order valence-corrected chi connectivity index (χ2v) is 18.2. The van der Waals surface area contributed by atoms with Crippen molar-refractivity contribution in [3.63, 3.8) is 0 Å². The molecule has 2 aromatic carbocycles. The third-order valence-corrected chi connectivity index (χ3v) is 12.1. The molecule has 2 rings (SSSR count). The first-order valence-electron chi connectivity index (χ1n) is 12.2. The molecular weight excluding hydrogens is 586 g/mol. The van der Waals surface area contributed by atoms with E-state index in [-0.39, 0.29) is 24.3 Å². The molecule has 0 aliphatic carbocycles. The number of carbonyl (C=O) groups excluding carboxylic acids is 2. The van der Waals surface area contributed by atoms with Gasteiger partial charge in [0.15, 0.2) is 0 Å². The fraction of sp³-hybridized carbons (Fsp3) is 0.500. The minimum atomic E-state index is -0.533. The molecule has 0 aliphatic heterocycles. The van der Waals surface area contributed by atoms with Gasteiger partial charge in [0, 0.05) is 0 Å². The average molecular weight is 627 g/mol. The van der Waals surface area contributed by atoms with Crippen molar-refractivity contribution in [3.05, 3.63) is 71.8 Å². The van der Waals surface area contributed by atoms with E-state index in [0.29, 0.717) is 26.3 Å². The third kappa shape index (κ3) is 13.9. The van der Waals surface area contributed by atoms with Crippen molar-refractivity contribution in [1.82, 2.24) is 10.6 Å². The van der Waals surface area contributed by atoms with E-state index < -0.39 is 11.2 Å². The molecule has 0 aromatic heterocycles. The summed E-state index contributed by atoms with van der Waals surface area (Å²) < 4.78 is 11.0. The van der Waals surface area contributed by atoms with E-state index in [1.165, 1.54) is 11.1 Å². The topological polar surface area (TPSA) is 76.7 Å². The van der Waals surface area contributed by atoms with Gasteiger partial charge in [-0.25, -0.2) is 0 Å². The van der Waals surface area contributed by atoms with Gasteiger partial charge in [-0.3, -0.25) is 0 Å². The Balaban J connectivity index is 1.96. The molecule has 0 spiro atoms. The van der Waals surface area contributed by atoms with Crippen molar-refractivity contribution in [2.75, 3.05) is 0 Å². The molecule has 2 atom stereocenters. The molecule has 0 aliphatic rings. The van der Waals surface area contributed by atoms with E-state index in [9.17, 15) is 9.59 Å². The number of ether oxygens (including phenoxy) is 2. The Kier molecular flexibility index (Phi) is 12.3. The van der Waals surface area contributed by atoms with E-state index in [1.54, 1.807) is 0 Å². The Bertz CT molecular complexity index is 851. The number of rotatable bonds is 11. The second kappa shape index (κ2) is 14.7. The van der Waals surface area contributed by atoms with Crippen LogP contribution in [0.4, 0.5) is 9.59 Å².